The Bertz CT molecular complexity index is 1080. The molecule has 3 aromatic carbocycles. The molecule has 3 aromatic rings. The molecule has 0 spiro atoms. The molecule has 172 valence electrons. The number of hydrogen-bond acceptors (Lipinski definition) is 6. The van der Waals surface area contributed by atoms with Crippen LogP contribution in [0.5, 0.6) is 23.0 Å². The first kappa shape index (κ1) is 22.0. The molecular formula is C27H29NO4S. The zero-order valence-corrected chi connectivity index (χ0v) is 19.3. The maximum atomic E-state index is 10.0. The molecule has 1 fully saturated rings. The zero-order chi connectivity index (χ0) is 22.6. The van der Waals surface area contributed by atoms with E-state index in [0.717, 1.165) is 34.1 Å². The Kier molecular flexibility index (Phi) is 6.65. The molecule has 0 radical (unpaired) electrons. The van der Waals surface area contributed by atoms with Crippen LogP contribution >= 0.6 is 11.8 Å². The van der Waals surface area contributed by atoms with Gasteiger partial charge in [0.15, 0.2) is 0 Å². The number of phenols is 2. The average Bonchev–Trinajstić information content (AvgIpc) is 2.84. The van der Waals surface area contributed by atoms with Crippen LogP contribution < -0.4 is 9.47 Å². The first-order valence-electron chi connectivity index (χ1n) is 11.6. The molecule has 5 nitrogen and oxygen atoms in total. The second-order valence-corrected chi connectivity index (χ2v) is 9.81. The summed E-state index contributed by atoms with van der Waals surface area (Å²) in [5, 5.41) is 19.9. The minimum atomic E-state index is -0.240. The van der Waals surface area contributed by atoms with Crippen molar-refractivity contribution in [3.8, 4) is 23.0 Å². The van der Waals surface area contributed by atoms with Crippen molar-refractivity contribution in [1.29, 1.82) is 0 Å². The quantitative estimate of drug-likeness (QED) is 0.472. The molecule has 0 aliphatic carbocycles. The Morgan fingerprint density at radius 2 is 1.67 bits per heavy atom. The van der Waals surface area contributed by atoms with E-state index in [1.807, 2.05) is 24.3 Å². The molecular weight excluding hydrogens is 434 g/mol. The normalized spacial score (nSPS) is 20.6. The molecule has 1 saturated heterocycles. The van der Waals surface area contributed by atoms with Crippen LogP contribution in [0.1, 0.15) is 41.7 Å². The summed E-state index contributed by atoms with van der Waals surface area (Å²) in [4.78, 5) is 3.36. The van der Waals surface area contributed by atoms with Crippen LogP contribution in [0.15, 0.2) is 71.6 Å². The third-order valence-electron chi connectivity index (χ3n) is 6.24. The largest absolute Gasteiger partial charge is 0.508 e. The second kappa shape index (κ2) is 9.98. The van der Waals surface area contributed by atoms with Gasteiger partial charge >= 0.3 is 0 Å². The van der Waals surface area contributed by atoms with Crippen LogP contribution in [-0.2, 0) is 0 Å². The maximum absolute atomic E-state index is 10.0. The number of nitrogens with zero attached hydrogens (tertiary/aromatic N) is 1. The first-order chi connectivity index (χ1) is 16.2. The highest BCUT2D eigenvalue weighted by Crippen LogP contribution is 2.54. The lowest BCUT2D eigenvalue weighted by Gasteiger charge is -2.34. The van der Waals surface area contributed by atoms with Gasteiger partial charge in [0, 0.05) is 6.54 Å². The molecule has 2 N–H and O–H groups in total. The van der Waals surface area contributed by atoms with Crippen LogP contribution in [0.4, 0.5) is 0 Å². The number of fused-ring (bicyclic) bond motifs is 1. The van der Waals surface area contributed by atoms with Gasteiger partial charge in [-0.3, -0.25) is 4.90 Å². The Balaban J connectivity index is 1.33. The lowest BCUT2D eigenvalue weighted by Crippen LogP contribution is -2.33. The van der Waals surface area contributed by atoms with Crippen molar-refractivity contribution in [2.75, 3.05) is 26.2 Å². The molecule has 0 unspecified atom stereocenters. The molecule has 0 amide bonds. The topological polar surface area (TPSA) is 62.2 Å². The van der Waals surface area contributed by atoms with E-state index >= 15 is 0 Å². The number of piperidine rings is 1. The summed E-state index contributed by atoms with van der Waals surface area (Å²) < 4.78 is 12.4. The van der Waals surface area contributed by atoms with Gasteiger partial charge in [-0.05, 0) is 79.5 Å². The molecule has 0 aromatic heterocycles. The smallest absolute Gasteiger partial charge is 0.140 e. The molecule has 2 atom stereocenters. The van der Waals surface area contributed by atoms with Gasteiger partial charge in [-0.25, -0.2) is 0 Å². The Labute approximate surface area is 199 Å². The van der Waals surface area contributed by atoms with E-state index in [4.69, 9.17) is 9.47 Å². The van der Waals surface area contributed by atoms with E-state index < -0.39 is 0 Å². The van der Waals surface area contributed by atoms with Gasteiger partial charge < -0.3 is 19.7 Å². The van der Waals surface area contributed by atoms with Crippen molar-refractivity contribution in [3.05, 3.63) is 77.9 Å². The molecule has 0 saturated carbocycles. The summed E-state index contributed by atoms with van der Waals surface area (Å²) in [7, 11) is 0. The standard InChI is InChI=1S/C27H29NO4S/c29-21-6-4-5-20(17-21)27-26(32-24-12-9-22(30)18-25(24)33-27)19-7-10-23(11-8-19)31-16-15-28-13-2-1-3-14-28/h4-12,17-18,26-27,29-30H,1-3,13-16H2/t26-,27+/m0/s1. The third-order valence-corrected chi connectivity index (χ3v) is 7.59. The van der Waals surface area contributed by atoms with Gasteiger partial charge in [0.25, 0.3) is 0 Å². The van der Waals surface area contributed by atoms with E-state index in [0.29, 0.717) is 6.61 Å². The predicted molar refractivity (Wildman–Crippen MR) is 130 cm³/mol. The van der Waals surface area contributed by atoms with Crippen LogP contribution in [0.25, 0.3) is 0 Å². The maximum Gasteiger partial charge on any atom is 0.140 e. The lowest BCUT2D eigenvalue weighted by molar-refractivity contribution is 0.182. The highest BCUT2D eigenvalue weighted by Gasteiger charge is 2.34. The van der Waals surface area contributed by atoms with E-state index in [9.17, 15) is 10.2 Å². The van der Waals surface area contributed by atoms with Crippen LogP contribution in [-0.4, -0.2) is 41.4 Å². The number of rotatable bonds is 6. The molecule has 2 aliphatic rings. The van der Waals surface area contributed by atoms with Crippen molar-refractivity contribution in [2.24, 2.45) is 0 Å². The predicted octanol–water partition coefficient (Wildman–Crippen LogP) is 5.93. The number of thioether (sulfide) groups is 1. The minimum Gasteiger partial charge on any atom is -0.508 e. The Morgan fingerprint density at radius 3 is 2.45 bits per heavy atom. The van der Waals surface area contributed by atoms with Crippen LogP contribution in [0, 0.1) is 0 Å². The summed E-state index contributed by atoms with van der Waals surface area (Å²) in [6.07, 6.45) is 3.68. The van der Waals surface area contributed by atoms with E-state index in [1.165, 1.54) is 32.4 Å². The molecule has 33 heavy (non-hydrogen) atoms. The van der Waals surface area contributed by atoms with E-state index in [-0.39, 0.29) is 22.9 Å². The third kappa shape index (κ3) is 5.23. The number of benzene rings is 3. The van der Waals surface area contributed by atoms with Gasteiger partial charge in [0.1, 0.15) is 35.7 Å². The van der Waals surface area contributed by atoms with Crippen LogP contribution in [0.2, 0.25) is 0 Å². The van der Waals surface area contributed by atoms with Crippen molar-refractivity contribution < 1.29 is 19.7 Å². The number of likely N-dealkylation sites (tertiary alicyclic amines) is 1. The summed E-state index contributed by atoms with van der Waals surface area (Å²) in [5.41, 5.74) is 2.01. The van der Waals surface area contributed by atoms with Gasteiger partial charge in [0.05, 0.1) is 10.1 Å². The summed E-state index contributed by atoms with van der Waals surface area (Å²) in [6, 6.07) is 20.6. The number of aromatic hydroxyl groups is 2. The van der Waals surface area contributed by atoms with Crippen molar-refractivity contribution >= 4 is 11.8 Å². The summed E-state index contributed by atoms with van der Waals surface area (Å²) in [6.45, 7) is 4.01. The van der Waals surface area contributed by atoms with E-state index in [2.05, 4.69) is 17.0 Å². The summed E-state index contributed by atoms with van der Waals surface area (Å²) in [5.74, 6) is 2.05. The zero-order valence-electron chi connectivity index (χ0n) is 18.5. The fourth-order valence-electron chi connectivity index (χ4n) is 4.50. The fraction of sp³-hybridized carbons (Fsp3) is 0.333. The fourth-order valence-corrected chi connectivity index (χ4v) is 5.81. The molecule has 2 heterocycles. The average molecular weight is 464 g/mol. The molecule has 0 bridgehead atoms. The first-order valence-corrected chi connectivity index (χ1v) is 12.4. The van der Waals surface area contributed by atoms with Crippen molar-refractivity contribution in [2.45, 2.75) is 35.5 Å². The van der Waals surface area contributed by atoms with Crippen molar-refractivity contribution in [3.63, 3.8) is 0 Å². The van der Waals surface area contributed by atoms with Gasteiger partial charge in [0.2, 0.25) is 0 Å². The highest BCUT2D eigenvalue weighted by atomic mass is 32.2. The minimum absolute atomic E-state index is 0.0720. The monoisotopic (exact) mass is 463 g/mol. The number of ether oxygens (including phenoxy) is 2. The summed E-state index contributed by atoms with van der Waals surface area (Å²) >= 11 is 1.64. The Morgan fingerprint density at radius 1 is 0.879 bits per heavy atom. The lowest BCUT2D eigenvalue weighted by atomic mass is 10.00. The number of phenolic OH excluding ortho intramolecular Hbond substituents is 2. The SMILES string of the molecule is Oc1cccc([C@H]2Sc3cc(O)ccc3O[C@H]2c2ccc(OCCN3CCCCC3)cc2)c1. The molecule has 6 heteroatoms. The highest BCUT2D eigenvalue weighted by molar-refractivity contribution is 7.99. The van der Waals surface area contributed by atoms with Gasteiger partial charge in [-0.15, -0.1) is 11.8 Å². The number of hydrogen-bond donors (Lipinski definition) is 2. The molecule has 2 aliphatic heterocycles. The van der Waals surface area contributed by atoms with Gasteiger partial charge in [-0.1, -0.05) is 30.7 Å². The second-order valence-electron chi connectivity index (χ2n) is 8.62. The van der Waals surface area contributed by atoms with Crippen molar-refractivity contribution in [1.82, 2.24) is 4.90 Å². The van der Waals surface area contributed by atoms with Crippen LogP contribution in [0.3, 0.4) is 0 Å². The van der Waals surface area contributed by atoms with E-state index in [1.54, 1.807) is 42.1 Å². The Hall–Kier alpha value is -2.83. The molecule has 5 rings (SSSR count). The van der Waals surface area contributed by atoms with Gasteiger partial charge in [-0.2, -0.15) is 0 Å².